The molecule has 1 atom stereocenters. The van der Waals surface area contributed by atoms with Crippen LogP contribution in [0.5, 0.6) is 0 Å². The van der Waals surface area contributed by atoms with Crippen molar-refractivity contribution in [3.05, 3.63) is 29.8 Å². The minimum Gasteiger partial charge on any atom is -0.466 e. The number of alkyl halides is 3. The summed E-state index contributed by atoms with van der Waals surface area (Å²) in [6.45, 7) is 3.45. The molecule has 0 unspecified atom stereocenters. The first kappa shape index (κ1) is 22.7. The van der Waals surface area contributed by atoms with Crippen LogP contribution in [-0.4, -0.2) is 42.7 Å². The lowest BCUT2D eigenvalue weighted by Gasteiger charge is -2.28. The summed E-state index contributed by atoms with van der Waals surface area (Å²) >= 11 is 5.74. The Morgan fingerprint density at radius 1 is 1.22 bits per heavy atom. The Morgan fingerprint density at radius 3 is 2.15 bits per heavy atom. The predicted octanol–water partition coefficient (Wildman–Crippen LogP) is 3.39. The van der Waals surface area contributed by atoms with Crippen LogP contribution in [0.25, 0.3) is 0 Å². The number of aliphatic hydroxyl groups is 1. The smallest absolute Gasteiger partial charge is 0.440 e. The van der Waals surface area contributed by atoms with E-state index in [0.29, 0.717) is 0 Å². The average molecular weight is 411 g/mol. The molecular weight excluding hydrogens is 393 g/mol. The second-order valence-corrected chi connectivity index (χ2v) is 6.12. The van der Waals surface area contributed by atoms with Crippen molar-refractivity contribution in [2.24, 2.45) is 11.1 Å². The minimum atomic E-state index is -5.31. The Labute approximate surface area is 158 Å². The molecule has 1 rings (SSSR count). The highest BCUT2D eigenvalue weighted by atomic mass is 35.5. The van der Waals surface area contributed by atoms with Crippen LogP contribution < -0.4 is 4.90 Å². The molecule has 0 saturated heterocycles. The van der Waals surface area contributed by atoms with Crippen LogP contribution in [0.15, 0.2) is 29.4 Å². The standard InChI is InChI=1S/C16H18ClF3N2O5/c1-9(2)12(17)21-27-14(24)22(3)11-7-5-10(6-8-11)15(25,13(23)26-4)16(18,19)20/h5-9,25H,1-4H3/b21-12-/t15-/m1/s1. The maximum Gasteiger partial charge on any atom is 0.440 e. The van der Waals surface area contributed by atoms with Gasteiger partial charge in [0, 0.05) is 24.2 Å². The monoisotopic (exact) mass is 410 g/mol. The second-order valence-electron chi connectivity index (χ2n) is 5.73. The number of methoxy groups -OCH3 is 1. The van der Waals surface area contributed by atoms with Gasteiger partial charge in [-0.15, -0.1) is 0 Å². The van der Waals surface area contributed by atoms with Crippen molar-refractivity contribution < 1.29 is 37.4 Å². The number of ether oxygens (including phenoxy) is 1. The van der Waals surface area contributed by atoms with E-state index >= 15 is 0 Å². The van der Waals surface area contributed by atoms with E-state index in [2.05, 4.69) is 14.7 Å². The van der Waals surface area contributed by atoms with Crippen molar-refractivity contribution in [2.45, 2.75) is 25.6 Å². The third-order valence-corrected chi connectivity index (χ3v) is 4.03. The van der Waals surface area contributed by atoms with Crippen LogP contribution in [0.2, 0.25) is 0 Å². The third-order valence-electron chi connectivity index (χ3n) is 3.52. The average Bonchev–Trinajstić information content (AvgIpc) is 2.62. The molecule has 7 nitrogen and oxygen atoms in total. The summed E-state index contributed by atoms with van der Waals surface area (Å²) < 4.78 is 43.6. The van der Waals surface area contributed by atoms with Gasteiger partial charge in [-0.05, 0) is 12.1 Å². The number of carbonyl (C=O) groups excluding carboxylic acids is 2. The van der Waals surface area contributed by atoms with Crippen molar-refractivity contribution in [3.63, 3.8) is 0 Å². The molecule has 150 valence electrons. The first-order chi connectivity index (χ1) is 12.4. The first-order valence-electron chi connectivity index (χ1n) is 7.52. The fourth-order valence-corrected chi connectivity index (χ4v) is 1.86. The molecule has 1 aromatic rings. The topological polar surface area (TPSA) is 88.4 Å². The summed E-state index contributed by atoms with van der Waals surface area (Å²) in [7, 11) is 2.01. The van der Waals surface area contributed by atoms with Crippen LogP contribution in [0, 0.1) is 5.92 Å². The van der Waals surface area contributed by atoms with E-state index in [1.807, 2.05) is 0 Å². The van der Waals surface area contributed by atoms with Gasteiger partial charge in [0.25, 0.3) is 5.60 Å². The van der Waals surface area contributed by atoms with E-state index in [4.69, 9.17) is 11.6 Å². The molecule has 0 radical (unpaired) electrons. The molecule has 1 amide bonds. The van der Waals surface area contributed by atoms with Gasteiger partial charge < -0.3 is 9.84 Å². The normalized spacial score (nSPS) is 14.5. The van der Waals surface area contributed by atoms with Crippen LogP contribution >= 0.6 is 11.6 Å². The Balaban J connectivity index is 3.08. The molecule has 0 aliphatic rings. The van der Waals surface area contributed by atoms with E-state index in [-0.39, 0.29) is 16.8 Å². The second kappa shape index (κ2) is 8.57. The van der Waals surface area contributed by atoms with Gasteiger partial charge in [0.15, 0.2) is 0 Å². The molecule has 1 N–H and O–H groups in total. The van der Waals surface area contributed by atoms with Crippen molar-refractivity contribution in [1.29, 1.82) is 0 Å². The maximum atomic E-state index is 13.2. The predicted molar refractivity (Wildman–Crippen MR) is 91.4 cm³/mol. The molecule has 11 heteroatoms. The van der Waals surface area contributed by atoms with Crippen molar-refractivity contribution in [3.8, 4) is 0 Å². The lowest BCUT2D eigenvalue weighted by molar-refractivity contribution is -0.266. The summed E-state index contributed by atoms with van der Waals surface area (Å²) in [5, 5.41) is 13.4. The molecule has 0 aromatic heterocycles. The van der Waals surface area contributed by atoms with Gasteiger partial charge in [-0.2, -0.15) is 13.2 Å². The van der Waals surface area contributed by atoms with E-state index in [1.54, 1.807) is 13.8 Å². The zero-order valence-electron chi connectivity index (χ0n) is 14.9. The summed E-state index contributed by atoms with van der Waals surface area (Å²) in [5.74, 6) is -2.05. The summed E-state index contributed by atoms with van der Waals surface area (Å²) in [6.07, 6.45) is -6.25. The number of hydrogen-bond donors (Lipinski definition) is 1. The largest absolute Gasteiger partial charge is 0.466 e. The van der Waals surface area contributed by atoms with E-state index in [1.165, 1.54) is 7.05 Å². The molecule has 0 saturated carbocycles. The molecular formula is C16H18ClF3N2O5. The third kappa shape index (κ3) is 4.89. The number of benzene rings is 1. The molecule has 0 bridgehead atoms. The Hall–Kier alpha value is -2.33. The molecule has 0 heterocycles. The summed E-state index contributed by atoms with van der Waals surface area (Å²) in [5.41, 5.74) is -4.49. The van der Waals surface area contributed by atoms with Crippen molar-refractivity contribution >= 4 is 34.5 Å². The fourth-order valence-electron chi connectivity index (χ4n) is 1.83. The molecule has 0 aliphatic heterocycles. The number of nitrogens with zero attached hydrogens (tertiary/aromatic N) is 2. The van der Waals surface area contributed by atoms with Crippen molar-refractivity contribution in [2.75, 3.05) is 19.1 Å². The maximum absolute atomic E-state index is 13.2. The fraction of sp³-hybridized carbons (Fsp3) is 0.438. The Morgan fingerprint density at radius 2 is 1.74 bits per heavy atom. The molecule has 0 spiro atoms. The number of carbonyl (C=O) groups is 2. The summed E-state index contributed by atoms with van der Waals surface area (Å²) in [4.78, 5) is 29.0. The molecule has 0 fully saturated rings. The number of oxime groups is 1. The highest BCUT2D eigenvalue weighted by molar-refractivity contribution is 6.65. The first-order valence-corrected chi connectivity index (χ1v) is 7.90. The van der Waals surface area contributed by atoms with Gasteiger partial charge in [-0.25, -0.2) is 9.59 Å². The van der Waals surface area contributed by atoms with Gasteiger partial charge in [0.1, 0.15) is 5.17 Å². The number of hydrogen-bond acceptors (Lipinski definition) is 6. The van der Waals surface area contributed by atoms with Crippen LogP contribution in [0.1, 0.15) is 19.4 Å². The lowest BCUT2D eigenvalue weighted by atomic mass is 9.93. The SMILES string of the molecule is COC(=O)[C@](O)(c1ccc(N(C)C(=O)O/N=C(\Cl)C(C)C)cc1)C(F)(F)F. The number of esters is 1. The van der Waals surface area contributed by atoms with Crippen LogP contribution in [0.4, 0.5) is 23.7 Å². The molecule has 1 aromatic carbocycles. The highest BCUT2D eigenvalue weighted by Crippen LogP contribution is 2.40. The van der Waals surface area contributed by atoms with Gasteiger partial charge in [0.2, 0.25) is 0 Å². The number of rotatable bonds is 5. The van der Waals surface area contributed by atoms with E-state index < -0.39 is 29.4 Å². The van der Waals surface area contributed by atoms with E-state index in [0.717, 1.165) is 36.3 Å². The van der Waals surface area contributed by atoms with Gasteiger partial charge in [-0.1, -0.05) is 42.7 Å². The Bertz CT molecular complexity index is 722. The summed E-state index contributed by atoms with van der Waals surface area (Å²) in [6, 6.07) is 3.86. The van der Waals surface area contributed by atoms with Crippen LogP contribution in [-0.2, 0) is 20.0 Å². The minimum absolute atomic E-state index is 0.0559. The van der Waals surface area contributed by atoms with E-state index in [9.17, 15) is 27.9 Å². The number of halogens is 4. The van der Waals surface area contributed by atoms with Gasteiger partial charge >= 0.3 is 18.2 Å². The molecule has 0 aliphatic carbocycles. The molecule has 27 heavy (non-hydrogen) atoms. The number of amides is 1. The van der Waals surface area contributed by atoms with Gasteiger partial charge in [0.05, 0.1) is 7.11 Å². The highest BCUT2D eigenvalue weighted by Gasteiger charge is 2.62. The zero-order chi connectivity index (χ0) is 21.0. The van der Waals surface area contributed by atoms with Crippen LogP contribution in [0.3, 0.4) is 0 Å². The lowest BCUT2D eigenvalue weighted by Crippen LogP contribution is -2.49. The van der Waals surface area contributed by atoms with Crippen molar-refractivity contribution in [1.82, 2.24) is 0 Å². The zero-order valence-corrected chi connectivity index (χ0v) is 15.6. The quantitative estimate of drug-likeness (QED) is 0.348. The number of anilines is 1. The Kier molecular flexibility index (Phi) is 7.21. The van der Waals surface area contributed by atoms with Gasteiger partial charge in [-0.3, -0.25) is 9.74 Å².